The molecule has 0 radical (unpaired) electrons. The van der Waals surface area contributed by atoms with Crippen molar-refractivity contribution in [1.82, 2.24) is 9.62 Å². The van der Waals surface area contributed by atoms with Gasteiger partial charge in [-0.3, -0.25) is 4.79 Å². The summed E-state index contributed by atoms with van der Waals surface area (Å²) < 4.78 is 26.8. The summed E-state index contributed by atoms with van der Waals surface area (Å²) in [7, 11) is -3.61. The normalized spacial score (nSPS) is 18.1. The standard InChI is InChI=1S/C16H22N2O5S/c1-11(2)10-17-24(22,23)13-7-5-12(6-8-13)15(19)18-9-3-4-14(18)16(20)21/h5-8,11,14,17H,3-4,9-10H2,1-2H3,(H,20,21)/t14-/m0/s1. The smallest absolute Gasteiger partial charge is 0.326 e. The molecule has 1 heterocycles. The Labute approximate surface area is 141 Å². The molecule has 0 aromatic heterocycles. The van der Waals surface area contributed by atoms with E-state index in [-0.39, 0.29) is 22.3 Å². The van der Waals surface area contributed by atoms with Gasteiger partial charge in [0.15, 0.2) is 0 Å². The minimum atomic E-state index is -3.61. The van der Waals surface area contributed by atoms with Gasteiger partial charge in [-0.05, 0) is 43.0 Å². The Morgan fingerprint density at radius 2 is 1.92 bits per heavy atom. The highest BCUT2D eigenvalue weighted by molar-refractivity contribution is 7.89. The summed E-state index contributed by atoms with van der Waals surface area (Å²) in [5.41, 5.74) is 0.283. The lowest BCUT2D eigenvalue weighted by molar-refractivity contribution is -0.141. The third kappa shape index (κ3) is 4.12. The molecular formula is C16H22N2O5S. The van der Waals surface area contributed by atoms with Crippen molar-refractivity contribution in [3.63, 3.8) is 0 Å². The van der Waals surface area contributed by atoms with Crippen molar-refractivity contribution >= 4 is 21.9 Å². The molecule has 8 heteroatoms. The molecule has 0 saturated carbocycles. The maximum absolute atomic E-state index is 12.4. The molecule has 0 spiro atoms. The lowest BCUT2D eigenvalue weighted by Gasteiger charge is -2.21. The summed E-state index contributed by atoms with van der Waals surface area (Å²) in [6.45, 7) is 4.53. The summed E-state index contributed by atoms with van der Waals surface area (Å²) in [5.74, 6) is -1.22. The number of nitrogens with one attached hydrogen (secondary N) is 1. The van der Waals surface area contributed by atoms with Crippen molar-refractivity contribution in [1.29, 1.82) is 0 Å². The van der Waals surface area contributed by atoms with E-state index in [0.29, 0.717) is 25.9 Å². The summed E-state index contributed by atoms with van der Waals surface area (Å²) in [5, 5.41) is 9.15. The van der Waals surface area contributed by atoms with Crippen molar-refractivity contribution < 1.29 is 23.1 Å². The maximum Gasteiger partial charge on any atom is 0.326 e. The van der Waals surface area contributed by atoms with Crippen LogP contribution in [0.15, 0.2) is 29.2 Å². The van der Waals surface area contributed by atoms with E-state index in [9.17, 15) is 18.0 Å². The minimum absolute atomic E-state index is 0.0795. The van der Waals surface area contributed by atoms with Crippen molar-refractivity contribution in [2.75, 3.05) is 13.1 Å². The zero-order valence-corrected chi connectivity index (χ0v) is 14.5. The van der Waals surface area contributed by atoms with Crippen molar-refractivity contribution in [3.05, 3.63) is 29.8 Å². The number of amides is 1. The number of aliphatic carboxylic acids is 1. The average molecular weight is 354 g/mol. The molecule has 1 saturated heterocycles. The van der Waals surface area contributed by atoms with E-state index >= 15 is 0 Å². The molecular weight excluding hydrogens is 332 g/mol. The molecule has 24 heavy (non-hydrogen) atoms. The van der Waals surface area contributed by atoms with Crippen LogP contribution >= 0.6 is 0 Å². The molecule has 2 N–H and O–H groups in total. The first-order chi connectivity index (χ1) is 11.2. The molecule has 7 nitrogen and oxygen atoms in total. The van der Waals surface area contributed by atoms with E-state index in [1.165, 1.54) is 29.2 Å². The Kier molecular flexibility index (Phi) is 5.61. The maximum atomic E-state index is 12.4. The van der Waals surface area contributed by atoms with E-state index in [1.54, 1.807) is 0 Å². The Morgan fingerprint density at radius 3 is 2.46 bits per heavy atom. The van der Waals surface area contributed by atoms with E-state index in [4.69, 9.17) is 5.11 Å². The number of carbonyl (C=O) groups is 2. The molecule has 0 bridgehead atoms. The number of carbonyl (C=O) groups excluding carboxylic acids is 1. The molecule has 1 atom stereocenters. The van der Waals surface area contributed by atoms with Crippen LogP contribution in [0.3, 0.4) is 0 Å². The zero-order chi connectivity index (χ0) is 17.9. The van der Waals surface area contributed by atoms with Crippen LogP contribution in [0.4, 0.5) is 0 Å². The monoisotopic (exact) mass is 354 g/mol. The summed E-state index contributed by atoms with van der Waals surface area (Å²) in [6.07, 6.45) is 1.08. The summed E-state index contributed by atoms with van der Waals surface area (Å²) in [4.78, 5) is 25.0. The van der Waals surface area contributed by atoms with Gasteiger partial charge in [0, 0.05) is 18.7 Å². The highest BCUT2D eigenvalue weighted by Crippen LogP contribution is 2.21. The lowest BCUT2D eigenvalue weighted by Crippen LogP contribution is -2.40. The van der Waals surface area contributed by atoms with E-state index in [0.717, 1.165) is 0 Å². The average Bonchev–Trinajstić information content (AvgIpc) is 3.02. The van der Waals surface area contributed by atoms with Crippen molar-refractivity contribution in [3.8, 4) is 0 Å². The lowest BCUT2D eigenvalue weighted by atomic mass is 10.1. The zero-order valence-electron chi connectivity index (χ0n) is 13.7. The second kappa shape index (κ2) is 7.31. The van der Waals surface area contributed by atoms with Crippen LogP contribution in [-0.2, 0) is 14.8 Å². The van der Waals surface area contributed by atoms with Gasteiger partial charge in [-0.15, -0.1) is 0 Å². The SMILES string of the molecule is CC(C)CNS(=O)(=O)c1ccc(C(=O)N2CCC[C@H]2C(=O)O)cc1. The molecule has 0 aliphatic carbocycles. The topological polar surface area (TPSA) is 104 Å². The quantitative estimate of drug-likeness (QED) is 0.802. The Morgan fingerprint density at radius 1 is 1.29 bits per heavy atom. The van der Waals surface area contributed by atoms with E-state index < -0.39 is 22.0 Å². The van der Waals surface area contributed by atoms with Gasteiger partial charge in [0.25, 0.3) is 5.91 Å². The van der Waals surface area contributed by atoms with Crippen LogP contribution < -0.4 is 4.72 Å². The van der Waals surface area contributed by atoms with Crippen LogP contribution in [0.25, 0.3) is 0 Å². The molecule has 2 rings (SSSR count). The number of hydrogen-bond acceptors (Lipinski definition) is 4. The van der Waals surface area contributed by atoms with Crippen LogP contribution in [-0.4, -0.2) is 49.4 Å². The Bertz CT molecular complexity index is 712. The number of sulfonamides is 1. The molecule has 1 amide bonds. The van der Waals surface area contributed by atoms with Crippen LogP contribution in [0.5, 0.6) is 0 Å². The molecule has 132 valence electrons. The van der Waals surface area contributed by atoms with Gasteiger partial charge in [-0.2, -0.15) is 0 Å². The van der Waals surface area contributed by atoms with Gasteiger partial charge >= 0.3 is 5.97 Å². The molecule has 1 aliphatic rings. The third-order valence-electron chi connectivity index (χ3n) is 3.89. The van der Waals surface area contributed by atoms with Gasteiger partial charge < -0.3 is 10.0 Å². The fraction of sp³-hybridized carbons (Fsp3) is 0.500. The molecule has 1 aromatic carbocycles. The molecule has 1 aliphatic heterocycles. The van der Waals surface area contributed by atoms with Crippen LogP contribution in [0.1, 0.15) is 37.0 Å². The fourth-order valence-corrected chi connectivity index (χ4v) is 3.78. The highest BCUT2D eigenvalue weighted by Gasteiger charge is 2.34. The third-order valence-corrected chi connectivity index (χ3v) is 5.33. The van der Waals surface area contributed by atoms with E-state index in [1.807, 2.05) is 13.8 Å². The van der Waals surface area contributed by atoms with Crippen molar-refractivity contribution in [2.45, 2.75) is 37.6 Å². The van der Waals surface area contributed by atoms with Gasteiger partial charge in [0.05, 0.1) is 4.90 Å². The molecule has 1 fully saturated rings. The van der Waals surface area contributed by atoms with Crippen LogP contribution in [0, 0.1) is 5.92 Å². The summed E-state index contributed by atoms with van der Waals surface area (Å²) >= 11 is 0. The number of carboxylic acid groups (broad SMARTS) is 1. The number of benzene rings is 1. The van der Waals surface area contributed by atoms with Gasteiger partial charge in [-0.1, -0.05) is 13.8 Å². The number of likely N-dealkylation sites (tertiary alicyclic amines) is 1. The largest absolute Gasteiger partial charge is 0.480 e. The van der Waals surface area contributed by atoms with Gasteiger partial charge in [0.2, 0.25) is 10.0 Å². The van der Waals surface area contributed by atoms with Crippen molar-refractivity contribution in [2.24, 2.45) is 5.92 Å². The molecule has 1 aromatic rings. The predicted octanol–water partition coefficient (Wildman–Crippen LogP) is 1.31. The number of hydrogen-bond donors (Lipinski definition) is 2. The van der Waals surface area contributed by atoms with E-state index in [2.05, 4.69) is 4.72 Å². The predicted molar refractivity (Wildman–Crippen MR) is 88.2 cm³/mol. The van der Waals surface area contributed by atoms with Gasteiger partial charge in [0.1, 0.15) is 6.04 Å². The number of rotatable bonds is 6. The first-order valence-corrected chi connectivity index (χ1v) is 9.34. The fourth-order valence-electron chi connectivity index (χ4n) is 2.57. The first kappa shape index (κ1) is 18.4. The first-order valence-electron chi connectivity index (χ1n) is 7.86. The molecule has 0 unspecified atom stereocenters. The summed E-state index contributed by atoms with van der Waals surface area (Å²) in [6, 6.07) is 4.75. The minimum Gasteiger partial charge on any atom is -0.480 e. The second-order valence-corrected chi connectivity index (χ2v) is 8.03. The number of carboxylic acids is 1. The number of nitrogens with zero attached hydrogens (tertiary/aromatic N) is 1. The van der Waals surface area contributed by atoms with Gasteiger partial charge in [-0.25, -0.2) is 17.9 Å². The highest BCUT2D eigenvalue weighted by atomic mass is 32.2. The second-order valence-electron chi connectivity index (χ2n) is 6.26. The Hall–Kier alpha value is -1.93. The Balaban J connectivity index is 2.14. The van der Waals surface area contributed by atoms with Crippen LogP contribution in [0.2, 0.25) is 0 Å².